The summed E-state index contributed by atoms with van der Waals surface area (Å²) in [6.07, 6.45) is 5.74. The van der Waals surface area contributed by atoms with Gasteiger partial charge in [-0.1, -0.05) is 31.4 Å². The van der Waals surface area contributed by atoms with Gasteiger partial charge in [-0.2, -0.15) is 0 Å². The SMILES string of the molecule is Cc1cccc2c1CNCCN2S(=O)(=O)CC1CCCCC1. The maximum atomic E-state index is 13.0. The molecule has 0 bridgehead atoms. The molecular weight excluding hydrogens is 296 g/mol. The summed E-state index contributed by atoms with van der Waals surface area (Å²) in [5, 5.41) is 3.34. The molecule has 1 heterocycles. The summed E-state index contributed by atoms with van der Waals surface area (Å²) in [4.78, 5) is 0. The summed E-state index contributed by atoms with van der Waals surface area (Å²) in [6, 6.07) is 5.97. The molecule has 0 atom stereocenters. The van der Waals surface area contributed by atoms with Gasteiger partial charge in [0.2, 0.25) is 10.0 Å². The molecule has 2 aliphatic rings. The molecule has 0 radical (unpaired) electrons. The van der Waals surface area contributed by atoms with Crippen molar-refractivity contribution in [2.45, 2.75) is 45.6 Å². The third-order valence-corrected chi connectivity index (χ3v) is 6.90. The molecule has 1 aromatic rings. The Balaban J connectivity index is 1.88. The van der Waals surface area contributed by atoms with Crippen LogP contribution in [0.1, 0.15) is 43.2 Å². The highest BCUT2D eigenvalue weighted by Gasteiger charge is 2.30. The molecular formula is C17H26N2O2S. The van der Waals surface area contributed by atoms with Crippen molar-refractivity contribution in [2.24, 2.45) is 5.92 Å². The first-order chi connectivity index (χ1) is 10.6. The van der Waals surface area contributed by atoms with E-state index in [9.17, 15) is 8.42 Å². The maximum absolute atomic E-state index is 13.0. The minimum atomic E-state index is -3.24. The van der Waals surface area contributed by atoms with Crippen LogP contribution in [0.25, 0.3) is 0 Å². The summed E-state index contributed by atoms with van der Waals surface area (Å²) < 4.78 is 27.6. The van der Waals surface area contributed by atoms with Crippen LogP contribution >= 0.6 is 0 Å². The molecule has 122 valence electrons. The standard InChI is InChI=1S/C17H26N2O2S/c1-14-6-5-9-17-16(14)12-18-10-11-19(17)22(20,21)13-15-7-3-2-4-8-15/h5-6,9,15,18H,2-4,7-8,10-13H2,1H3. The first kappa shape index (κ1) is 15.8. The summed E-state index contributed by atoms with van der Waals surface area (Å²) in [5.74, 6) is 0.642. The van der Waals surface area contributed by atoms with Crippen LogP contribution in [0.4, 0.5) is 5.69 Å². The fourth-order valence-corrected chi connectivity index (χ4v) is 5.64. The van der Waals surface area contributed by atoms with Gasteiger partial charge in [-0.15, -0.1) is 0 Å². The van der Waals surface area contributed by atoms with Crippen molar-refractivity contribution in [2.75, 3.05) is 23.1 Å². The minimum Gasteiger partial charge on any atom is -0.311 e. The second-order valence-electron chi connectivity index (χ2n) is 6.60. The molecule has 5 heteroatoms. The first-order valence-electron chi connectivity index (χ1n) is 8.37. The minimum absolute atomic E-state index is 0.306. The predicted octanol–water partition coefficient (Wildman–Crippen LogP) is 2.81. The van der Waals surface area contributed by atoms with Gasteiger partial charge in [0.1, 0.15) is 0 Å². The van der Waals surface area contributed by atoms with Crippen molar-refractivity contribution in [3.8, 4) is 0 Å². The van der Waals surface area contributed by atoms with Crippen molar-refractivity contribution in [1.82, 2.24) is 5.32 Å². The molecule has 1 saturated carbocycles. The molecule has 1 aliphatic carbocycles. The van der Waals surface area contributed by atoms with Crippen LogP contribution in [0.5, 0.6) is 0 Å². The van der Waals surface area contributed by atoms with Gasteiger partial charge in [0.15, 0.2) is 0 Å². The Labute approximate surface area is 134 Å². The number of rotatable bonds is 3. The average molecular weight is 322 g/mol. The highest BCUT2D eigenvalue weighted by atomic mass is 32.2. The monoisotopic (exact) mass is 322 g/mol. The molecule has 0 amide bonds. The van der Waals surface area contributed by atoms with Crippen LogP contribution in [-0.2, 0) is 16.6 Å². The fourth-order valence-electron chi connectivity index (χ4n) is 3.70. The van der Waals surface area contributed by atoms with Gasteiger partial charge in [0.05, 0.1) is 11.4 Å². The molecule has 3 rings (SSSR count). The number of benzene rings is 1. The van der Waals surface area contributed by atoms with Crippen molar-refractivity contribution < 1.29 is 8.42 Å². The Morgan fingerprint density at radius 2 is 2.00 bits per heavy atom. The van der Waals surface area contributed by atoms with E-state index in [1.54, 1.807) is 4.31 Å². The van der Waals surface area contributed by atoms with Crippen LogP contribution in [0, 0.1) is 12.8 Å². The second-order valence-corrected chi connectivity index (χ2v) is 8.54. The molecule has 1 fully saturated rings. The zero-order valence-electron chi connectivity index (χ0n) is 13.3. The Kier molecular flexibility index (Phi) is 4.73. The third-order valence-electron chi connectivity index (χ3n) is 4.95. The Morgan fingerprint density at radius 3 is 2.77 bits per heavy atom. The van der Waals surface area contributed by atoms with Gasteiger partial charge in [-0.25, -0.2) is 8.42 Å². The number of hydrogen-bond donors (Lipinski definition) is 1. The van der Waals surface area contributed by atoms with Crippen LogP contribution < -0.4 is 9.62 Å². The molecule has 4 nitrogen and oxygen atoms in total. The van der Waals surface area contributed by atoms with E-state index in [0.717, 1.165) is 36.2 Å². The van der Waals surface area contributed by atoms with Gasteiger partial charge in [-0.05, 0) is 42.9 Å². The van der Waals surface area contributed by atoms with E-state index < -0.39 is 10.0 Å². The maximum Gasteiger partial charge on any atom is 0.235 e. The van der Waals surface area contributed by atoms with E-state index in [2.05, 4.69) is 18.3 Å². The summed E-state index contributed by atoms with van der Waals surface area (Å²) >= 11 is 0. The Morgan fingerprint density at radius 1 is 1.23 bits per heavy atom. The average Bonchev–Trinajstić information content (AvgIpc) is 2.72. The van der Waals surface area contributed by atoms with Gasteiger partial charge in [0, 0.05) is 19.6 Å². The molecule has 0 unspecified atom stereocenters. The van der Waals surface area contributed by atoms with Crippen molar-refractivity contribution >= 4 is 15.7 Å². The Hall–Kier alpha value is -1.07. The smallest absolute Gasteiger partial charge is 0.235 e. The lowest BCUT2D eigenvalue weighted by molar-refractivity contribution is 0.384. The van der Waals surface area contributed by atoms with Crippen LogP contribution in [0.3, 0.4) is 0 Å². The summed E-state index contributed by atoms with van der Waals surface area (Å²) in [5.41, 5.74) is 3.15. The second kappa shape index (κ2) is 6.59. The molecule has 1 aliphatic heterocycles. The quantitative estimate of drug-likeness (QED) is 0.931. The van der Waals surface area contributed by atoms with Crippen molar-refractivity contribution in [1.29, 1.82) is 0 Å². The number of anilines is 1. The van der Waals surface area contributed by atoms with E-state index in [0.29, 0.717) is 24.8 Å². The number of nitrogens with one attached hydrogen (secondary N) is 1. The number of sulfonamides is 1. The van der Waals surface area contributed by atoms with E-state index in [4.69, 9.17) is 0 Å². The topological polar surface area (TPSA) is 49.4 Å². The van der Waals surface area contributed by atoms with Crippen LogP contribution in [-0.4, -0.2) is 27.3 Å². The van der Waals surface area contributed by atoms with E-state index >= 15 is 0 Å². The largest absolute Gasteiger partial charge is 0.311 e. The lowest BCUT2D eigenvalue weighted by Crippen LogP contribution is -2.38. The predicted molar refractivity (Wildman–Crippen MR) is 90.6 cm³/mol. The van der Waals surface area contributed by atoms with Crippen molar-refractivity contribution in [3.63, 3.8) is 0 Å². The molecule has 1 aromatic carbocycles. The van der Waals surface area contributed by atoms with E-state index in [-0.39, 0.29) is 0 Å². The summed E-state index contributed by atoms with van der Waals surface area (Å²) in [7, 11) is -3.24. The van der Waals surface area contributed by atoms with Gasteiger partial charge in [-0.3, -0.25) is 4.31 Å². The zero-order valence-corrected chi connectivity index (χ0v) is 14.2. The summed E-state index contributed by atoms with van der Waals surface area (Å²) in [6.45, 7) is 4.04. The van der Waals surface area contributed by atoms with Gasteiger partial charge in [0.25, 0.3) is 0 Å². The lowest BCUT2D eigenvalue weighted by atomic mass is 9.91. The molecule has 1 N–H and O–H groups in total. The molecule has 0 aromatic heterocycles. The zero-order chi connectivity index (χ0) is 15.6. The third kappa shape index (κ3) is 3.30. The highest BCUT2D eigenvalue weighted by molar-refractivity contribution is 7.92. The van der Waals surface area contributed by atoms with Crippen LogP contribution in [0.2, 0.25) is 0 Å². The normalized spacial score (nSPS) is 20.5. The fraction of sp³-hybridized carbons (Fsp3) is 0.647. The number of nitrogens with zero attached hydrogens (tertiary/aromatic N) is 1. The first-order valence-corrected chi connectivity index (χ1v) is 9.98. The molecule has 22 heavy (non-hydrogen) atoms. The molecule has 0 saturated heterocycles. The Bertz CT molecular complexity index is 622. The van der Waals surface area contributed by atoms with Crippen molar-refractivity contribution in [3.05, 3.63) is 29.3 Å². The number of aryl methyl sites for hydroxylation is 1. The number of fused-ring (bicyclic) bond motifs is 1. The van der Waals surface area contributed by atoms with E-state index in [1.165, 1.54) is 19.3 Å². The molecule has 0 spiro atoms. The van der Waals surface area contributed by atoms with Gasteiger partial charge < -0.3 is 5.32 Å². The van der Waals surface area contributed by atoms with E-state index in [1.807, 2.05) is 12.1 Å². The van der Waals surface area contributed by atoms with Crippen LogP contribution in [0.15, 0.2) is 18.2 Å². The highest BCUT2D eigenvalue weighted by Crippen LogP contribution is 2.31. The number of hydrogen-bond acceptors (Lipinski definition) is 3. The lowest BCUT2D eigenvalue weighted by Gasteiger charge is -2.28. The van der Waals surface area contributed by atoms with Gasteiger partial charge >= 0.3 is 0 Å².